The van der Waals surface area contributed by atoms with Gasteiger partial charge in [-0.15, -0.1) is 0 Å². The third-order valence-corrected chi connectivity index (χ3v) is 5.68. The van der Waals surface area contributed by atoms with Gasteiger partial charge in [0.1, 0.15) is 5.70 Å². The molecule has 6 nitrogen and oxygen atoms in total. The third kappa shape index (κ3) is 4.12. The molecule has 0 saturated carbocycles. The van der Waals surface area contributed by atoms with Gasteiger partial charge in [-0.25, -0.2) is 0 Å². The molecule has 0 unspecified atom stereocenters. The number of rotatable bonds is 6. The molecule has 32 heavy (non-hydrogen) atoms. The number of carbonyl (C=O) groups is 2. The number of carbonyl (C=O) groups excluding carboxylic acids is 2. The molecule has 162 valence electrons. The monoisotopic (exact) mass is 426 g/mol. The van der Waals surface area contributed by atoms with Crippen molar-refractivity contribution in [2.75, 3.05) is 24.3 Å². The van der Waals surface area contributed by atoms with Crippen LogP contribution >= 0.6 is 0 Å². The molecule has 4 rings (SSSR count). The number of aromatic nitrogens is 1. The molecule has 0 spiro atoms. The zero-order valence-electron chi connectivity index (χ0n) is 18.7. The Bertz CT molecular complexity index is 1200. The highest BCUT2D eigenvalue weighted by Crippen LogP contribution is 2.32. The minimum atomic E-state index is -0.344. The third-order valence-electron chi connectivity index (χ3n) is 5.68. The Morgan fingerprint density at radius 2 is 1.69 bits per heavy atom. The summed E-state index contributed by atoms with van der Waals surface area (Å²) in [6.07, 6.45) is 3.34. The molecule has 1 aromatic heterocycles. The molecule has 0 bridgehead atoms. The van der Waals surface area contributed by atoms with Crippen molar-refractivity contribution < 1.29 is 9.59 Å². The molecular weight excluding hydrogens is 400 g/mol. The number of nitrogens with zero attached hydrogens (tertiary/aromatic N) is 3. The van der Waals surface area contributed by atoms with Crippen LogP contribution in [-0.4, -0.2) is 35.8 Å². The van der Waals surface area contributed by atoms with Gasteiger partial charge in [0, 0.05) is 37.9 Å². The van der Waals surface area contributed by atoms with Crippen LogP contribution < -0.4 is 10.2 Å². The van der Waals surface area contributed by atoms with E-state index in [0.29, 0.717) is 11.3 Å². The zero-order valence-corrected chi connectivity index (χ0v) is 18.7. The van der Waals surface area contributed by atoms with E-state index < -0.39 is 0 Å². The van der Waals surface area contributed by atoms with E-state index >= 15 is 0 Å². The van der Waals surface area contributed by atoms with E-state index in [1.54, 1.807) is 18.5 Å². The van der Waals surface area contributed by atoms with Crippen LogP contribution in [0.2, 0.25) is 0 Å². The summed E-state index contributed by atoms with van der Waals surface area (Å²) in [5.74, 6) is -0.654. The first-order chi connectivity index (χ1) is 15.3. The molecule has 0 radical (unpaired) electrons. The van der Waals surface area contributed by atoms with Gasteiger partial charge < -0.3 is 10.2 Å². The molecule has 2 heterocycles. The molecule has 1 aliphatic rings. The lowest BCUT2D eigenvalue weighted by molar-refractivity contribution is -0.137. The average molecular weight is 427 g/mol. The van der Waals surface area contributed by atoms with E-state index in [2.05, 4.69) is 10.3 Å². The topological polar surface area (TPSA) is 65.5 Å². The SMILES string of the molecule is Cc1ccc(C2=C(Nc3ccc(N(C)C)cc3)C(=O)N(Cc3cccnc3)C2=O)cc1C. The second kappa shape index (κ2) is 8.67. The fourth-order valence-electron chi connectivity index (χ4n) is 3.66. The van der Waals surface area contributed by atoms with Crippen molar-refractivity contribution in [3.63, 3.8) is 0 Å². The Morgan fingerprint density at radius 1 is 0.938 bits per heavy atom. The predicted octanol–water partition coefficient (Wildman–Crippen LogP) is 4.16. The molecule has 2 amide bonds. The van der Waals surface area contributed by atoms with E-state index in [4.69, 9.17) is 0 Å². The maximum Gasteiger partial charge on any atom is 0.278 e. The predicted molar refractivity (Wildman–Crippen MR) is 127 cm³/mol. The Kier molecular flexibility index (Phi) is 5.77. The number of pyridine rings is 1. The fraction of sp³-hybridized carbons (Fsp3) is 0.192. The number of amides is 2. The molecule has 0 aliphatic carbocycles. The normalized spacial score (nSPS) is 13.7. The number of nitrogens with one attached hydrogen (secondary N) is 1. The highest BCUT2D eigenvalue weighted by molar-refractivity contribution is 6.36. The Balaban J connectivity index is 1.74. The van der Waals surface area contributed by atoms with Gasteiger partial charge in [0.25, 0.3) is 11.8 Å². The van der Waals surface area contributed by atoms with Crippen LogP contribution in [0.25, 0.3) is 5.57 Å². The quantitative estimate of drug-likeness (QED) is 0.600. The first-order valence-corrected chi connectivity index (χ1v) is 10.5. The number of anilines is 2. The summed E-state index contributed by atoms with van der Waals surface area (Å²) in [4.78, 5) is 34.2. The second-order valence-electron chi connectivity index (χ2n) is 8.17. The maximum atomic E-state index is 13.4. The molecule has 0 fully saturated rings. The van der Waals surface area contributed by atoms with Crippen LogP contribution in [0.1, 0.15) is 22.3 Å². The van der Waals surface area contributed by atoms with Crippen molar-refractivity contribution in [2.45, 2.75) is 20.4 Å². The maximum absolute atomic E-state index is 13.4. The lowest BCUT2D eigenvalue weighted by atomic mass is 9.99. The highest BCUT2D eigenvalue weighted by Gasteiger charge is 2.39. The van der Waals surface area contributed by atoms with Gasteiger partial charge in [0.15, 0.2) is 0 Å². The molecule has 1 N–H and O–H groups in total. The van der Waals surface area contributed by atoms with Gasteiger partial charge in [-0.2, -0.15) is 0 Å². The lowest BCUT2D eigenvalue weighted by Crippen LogP contribution is -2.32. The number of aryl methyl sites for hydroxylation is 2. The van der Waals surface area contributed by atoms with Crippen molar-refractivity contribution in [1.29, 1.82) is 0 Å². The Morgan fingerprint density at radius 3 is 2.31 bits per heavy atom. The van der Waals surface area contributed by atoms with Crippen LogP contribution in [0.5, 0.6) is 0 Å². The van der Waals surface area contributed by atoms with Gasteiger partial charge in [0.2, 0.25) is 0 Å². The summed E-state index contributed by atoms with van der Waals surface area (Å²) in [5, 5.41) is 3.22. The first-order valence-electron chi connectivity index (χ1n) is 10.5. The van der Waals surface area contributed by atoms with Crippen LogP contribution in [0.15, 0.2) is 72.7 Å². The number of benzene rings is 2. The molecule has 0 saturated heterocycles. The number of hydrogen-bond donors (Lipinski definition) is 1. The standard InChI is InChI=1S/C26H26N4O2/c1-17-7-8-20(14-18(17)2)23-24(28-21-9-11-22(12-10-21)29(3)4)26(32)30(25(23)31)16-19-6-5-13-27-15-19/h5-15,28H,16H2,1-4H3. The smallest absolute Gasteiger partial charge is 0.278 e. The molecule has 1 aliphatic heterocycles. The second-order valence-corrected chi connectivity index (χ2v) is 8.17. The largest absolute Gasteiger partial charge is 0.378 e. The van der Waals surface area contributed by atoms with E-state index in [9.17, 15) is 9.59 Å². The number of imide groups is 1. The summed E-state index contributed by atoms with van der Waals surface area (Å²) in [5.41, 5.74) is 6.20. The van der Waals surface area contributed by atoms with Crippen molar-refractivity contribution in [3.05, 3.63) is 94.9 Å². The van der Waals surface area contributed by atoms with E-state index in [1.807, 2.05) is 81.4 Å². The molecule has 3 aromatic rings. The fourth-order valence-corrected chi connectivity index (χ4v) is 3.66. The minimum Gasteiger partial charge on any atom is -0.378 e. The van der Waals surface area contributed by atoms with Crippen LogP contribution in [0.3, 0.4) is 0 Å². The van der Waals surface area contributed by atoms with Gasteiger partial charge in [-0.1, -0.05) is 24.3 Å². The van der Waals surface area contributed by atoms with Crippen molar-refractivity contribution in [2.24, 2.45) is 0 Å². The molecule has 2 aromatic carbocycles. The highest BCUT2D eigenvalue weighted by atomic mass is 16.2. The van der Waals surface area contributed by atoms with E-state index in [0.717, 1.165) is 33.6 Å². The van der Waals surface area contributed by atoms with Crippen LogP contribution in [0, 0.1) is 13.8 Å². The Labute approximate surface area is 188 Å². The summed E-state index contributed by atoms with van der Waals surface area (Å²) >= 11 is 0. The lowest BCUT2D eigenvalue weighted by Gasteiger charge is -2.16. The van der Waals surface area contributed by atoms with Crippen molar-refractivity contribution >= 4 is 28.8 Å². The van der Waals surface area contributed by atoms with Crippen molar-refractivity contribution in [3.8, 4) is 0 Å². The molecule has 0 atom stereocenters. The average Bonchev–Trinajstić information content (AvgIpc) is 3.01. The zero-order chi connectivity index (χ0) is 22.8. The van der Waals surface area contributed by atoms with Crippen molar-refractivity contribution in [1.82, 2.24) is 9.88 Å². The Hall–Kier alpha value is -3.93. The van der Waals surface area contributed by atoms with Gasteiger partial charge in [0.05, 0.1) is 12.1 Å². The first kappa shape index (κ1) is 21.3. The van der Waals surface area contributed by atoms with Crippen LogP contribution in [0.4, 0.5) is 11.4 Å². The number of hydrogen-bond acceptors (Lipinski definition) is 5. The molecular formula is C26H26N4O2. The summed E-state index contributed by atoms with van der Waals surface area (Å²) in [7, 11) is 3.94. The van der Waals surface area contributed by atoms with Gasteiger partial charge in [-0.3, -0.25) is 19.5 Å². The summed E-state index contributed by atoms with van der Waals surface area (Å²) < 4.78 is 0. The molecule has 6 heteroatoms. The minimum absolute atomic E-state index is 0.171. The van der Waals surface area contributed by atoms with Crippen LogP contribution in [-0.2, 0) is 16.1 Å². The summed E-state index contributed by atoms with van der Waals surface area (Å²) in [6, 6.07) is 17.2. The summed E-state index contributed by atoms with van der Waals surface area (Å²) in [6.45, 7) is 4.20. The van der Waals surface area contributed by atoms with E-state index in [1.165, 1.54) is 4.90 Å². The van der Waals surface area contributed by atoms with Gasteiger partial charge in [-0.05, 0) is 66.4 Å². The van der Waals surface area contributed by atoms with E-state index in [-0.39, 0.29) is 18.4 Å². The van der Waals surface area contributed by atoms with Gasteiger partial charge >= 0.3 is 0 Å².